The molecule has 0 bridgehead atoms. The minimum absolute atomic E-state index is 0.336. The molecule has 3 aliphatic rings. The SMILES string of the molecule is Cn1ccc2c(C3=C(C4=NC=CN5CCc6cccc4c65)C(=O)NC3=O)cccc21. The van der Waals surface area contributed by atoms with Crippen LogP contribution >= 0.6 is 0 Å². The number of hydrogen-bond donors (Lipinski definition) is 1. The number of carbonyl (C=O) groups excluding carboxylic acids is 2. The molecule has 6 nitrogen and oxygen atoms in total. The van der Waals surface area contributed by atoms with Crippen molar-refractivity contribution in [3.8, 4) is 0 Å². The summed E-state index contributed by atoms with van der Waals surface area (Å²) in [6.45, 7) is 0.881. The second kappa shape index (κ2) is 6.03. The van der Waals surface area contributed by atoms with Crippen LogP contribution in [0.5, 0.6) is 0 Å². The minimum atomic E-state index is -0.404. The standard InChI is InChI=1S/C24H18N4O2/c1-27-11-9-15-16(5-3-7-18(15)27)19-20(24(30)26-23(19)29)21-17-6-2-4-14-8-12-28(22(14)17)13-10-25-21/h2-7,9-11,13H,8,12H2,1H3,(H,26,29,30). The second-order valence-electron chi connectivity index (χ2n) is 7.73. The maximum Gasteiger partial charge on any atom is 0.261 e. The van der Waals surface area contributed by atoms with Gasteiger partial charge < -0.3 is 9.47 Å². The summed E-state index contributed by atoms with van der Waals surface area (Å²) in [6, 6.07) is 13.9. The number of benzene rings is 2. The molecule has 0 unspecified atom stereocenters. The number of rotatable bonds is 2. The summed E-state index contributed by atoms with van der Waals surface area (Å²) < 4.78 is 2.00. The number of hydrogen-bond acceptors (Lipinski definition) is 4. The maximum absolute atomic E-state index is 13.0. The lowest BCUT2D eigenvalue weighted by atomic mass is 9.91. The third kappa shape index (κ3) is 2.21. The van der Waals surface area contributed by atoms with E-state index in [0.29, 0.717) is 16.9 Å². The lowest BCUT2D eigenvalue weighted by molar-refractivity contribution is -0.123. The van der Waals surface area contributed by atoms with Gasteiger partial charge in [-0.25, -0.2) is 0 Å². The van der Waals surface area contributed by atoms with Crippen LogP contribution in [0.3, 0.4) is 0 Å². The van der Waals surface area contributed by atoms with E-state index in [4.69, 9.17) is 0 Å². The average molecular weight is 394 g/mol. The molecule has 6 rings (SSSR count). The molecule has 1 N–H and O–H groups in total. The molecule has 0 aliphatic carbocycles. The Kier molecular flexibility index (Phi) is 3.41. The first-order valence-electron chi connectivity index (χ1n) is 9.91. The Morgan fingerprint density at radius 3 is 2.67 bits per heavy atom. The number of aliphatic imine (C=N–C) groups is 1. The van der Waals surface area contributed by atoms with Gasteiger partial charge in [0.2, 0.25) is 0 Å². The molecule has 0 saturated heterocycles. The zero-order valence-electron chi connectivity index (χ0n) is 16.3. The van der Waals surface area contributed by atoms with Crippen molar-refractivity contribution < 1.29 is 9.59 Å². The van der Waals surface area contributed by atoms with Crippen LogP contribution in [0.1, 0.15) is 16.7 Å². The number of imide groups is 1. The van der Waals surface area contributed by atoms with Crippen molar-refractivity contribution in [2.24, 2.45) is 12.0 Å². The molecule has 3 aliphatic heterocycles. The van der Waals surface area contributed by atoms with Crippen molar-refractivity contribution in [3.05, 3.63) is 83.3 Å². The number of nitrogens with zero attached hydrogens (tertiary/aromatic N) is 3. The number of anilines is 1. The van der Waals surface area contributed by atoms with E-state index in [-0.39, 0.29) is 5.91 Å². The van der Waals surface area contributed by atoms with Gasteiger partial charge in [-0.15, -0.1) is 0 Å². The highest BCUT2D eigenvalue weighted by atomic mass is 16.2. The molecular weight excluding hydrogens is 376 g/mol. The van der Waals surface area contributed by atoms with Crippen LogP contribution in [0.2, 0.25) is 0 Å². The van der Waals surface area contributed by atoms with Gasteiger partial charge in [0.15, 0.2) is 0 Å². The van der Waals surface area contributed by atoms with Crippen molar-refractivity contribution >= 4 is 39.7 Å². The fraction of sp³-hybridized carbons (Fsp3) is 0.125. The van der Waals surface area contributed by atoms with E-state index in [2.05, 4.69) is 21.3 Å². The second-order valence-corrected chi connectivity index (χ2v) is 7.73. The van der Waals surface area contributed by atoms with E-state index in [9.17, 15) is 9.59 Å². The molecule has 2 aromatic carbocycles. The first-order chi connectivity index (χ1) is 14.6. The van der Waals surface area contributed by atoms with E-state index in [1.807, 2.05) is 60.4 Å². The van der Waals surface area contributed by atoms with Gasteiger partial charge in [0.25, 0.3) is 11.8 Å². The maximum atomic E-state index is 13.0. The van der Waals surface area contributed by atoms with Crippen LogP contribution in [-0.2, 0) is 23.1 Å². The van der Waals surface area contributed by atoms with Crippen molar-refractivity contribution in [3.63, 3.8) is 0 Å². The van der Waals surface area contributed by atoms with Gasteiger partial charge in [-0.2, -0.15) is 0 Å². The zero-order chi connectivity index (χ0) is 20.4. The summed E-state index contributed by atoms with van der Waals surface area (Å²) in [6.07, 6.45) is 6.56. The smallest absolute Gasteiger partial charge is 0.261 e. The highest BCUT2D eigenvalue weighted by Crippen LogP contribution is 2.38. The molecule has 6 heteroatoms. The number of fused-ring (bicyclic) bond motifs is 1. The van der Waals surface area contributed by atoms with Gasteiger partial charge in [-0.3, -0.25) is 19.9 Å². The average Bonchev–Trinajstić information content (AvgIpc) is 3.37. The summed E-state index contributed by atoms with van der Waals surface area (Å²) in [4.78, 5) is 32.7. The first-order valence-corrected chi connectivity index (χ1v) is 9.91. The van der Waals surface area contributed by atoms with Crippen molar-refractivity contribution in [2.45, 2.75) is 6.42 Å². The Bertz CT molecular complexity index is 1370. The largest absolute Gasteiger partial charge is 0.351 e. The first kappa shape index (κ1) is 17.0. The summed E-state index contributed by atoms with van der Waals surface area (Å²) in [5.74, 6) is -0.786. The highest BCUT2D eigenvalue weighted by Gasteiger charge is 2.37. The fourth-order valence-electron chi connectivity index (χ4n) is 4.74. The summed E-state index contributed by atoms with van der Waals surface area (Å²) in [5, 5.41) is 3.43. The van der Waals surface area contributed by atoms with Gasteiger partial charge in [-0.1, -0.05) is 30.3 Å². The van der Waals surface area contributed by atoms with Crippen molar-refractivity contribution in [1.29, 1.82) is 0 Å². The Hall–Kier alpha value is -3.93. The summed E-state index contributed by atoms with van der Waals surface area (Å²) in [7, 11) is 1.96. The topological polar surface area (TPSA) is 66.7 Å². The predicted molar refractivity (Wildman–Crippen MR) is 116 cm³/mol. The van der Waals surface area contributed by atoms with Crippen LogP contribution in [0.15, 0.2) is 71.6 Å². The van der Waals surface area contributed by atoms with E-state index >= 15 is 0 Å². The van der Waals surface area contributed by atoms with Gasteiger partial charge in [0, 0.05) is 48.7 Å². The molecule has 30 heavy (non-hydrogen) atoms. The van der Waals surface area contributed by atoms with E-state index < -0.39 is 5.91 Å². The number of amides is 2. The van der Waals surface area contributed by atoms with Gasteiger partial charge in [-0.05, 0) is 29.7 Å². The van der Waals surface area contributed by atoms with Gasteiger partial charge in [0.1, 0.15) is 0 Å². The summed E-state index contributed by atoms with van der Waals surface area (Å²) >= 11 is 0. The van der Waals surface area contributed by atoms with Crippen molar-refractivity contribution in [2.75, 3.05) is 11.4 Å². The zero-order valence-corrected chi connectivity index (χ0v) is 16.3. The molecule has 146 valence electrons. The molecule has 0 spiro atoms. The third-order valence-corrected chi connectivity index (χ3v) is 6.10. The van der Waals surface area contributed by atoms with E-state index in [1.165, 1.54) is 5.56 Å². The Labute approximate surface area is 172 Å². The lowest BCUT2D eigenvalue weighted by Gasteiger charge is -2.17. The highest BCUT2D eigenvalue weighted by molar-refractivity contribution is 6.48. The van der Waals surface area contributed by atoms with Crippen molar-refractivity contribution in [1.82, 2.24) is 9.88 Å². The quantitative estimate of drug-likeness (QED) is 0.680. The van der Waals surface area contributed by atoms with Crippen LogP contribution in [0.25, 0.3) is 16.5 Å². The minimum Gasteiger partial charge on any atom is -0.351 e. The molecule has 0 saturated carbocycles. The molecule has 4 heterocycles. The number of aryl methyl sites for hydroxylation is 1. The number of carbonyl (C=O) groups is 2. The van der Waals surface area contributed by atoms with Crippen LogP contribution < -0.4 is 10.2 Å². The van der Waals surface area contributed by atoms with Gasteiger partial charge in [0.05, 0.1) is 22.5 Å². The number of nitrogens with one attached hydrogen (secondary N) is 1. The molecule has 0 radical (unpaired) electrons. The molecule has 1 aromatic heterocycles. The Morgan fingerprint density at radius 1 is 0.967 bits per heavy atom. The van der Waals surface area contributed by atoms with Crippen LogP contribution in [-0.4, -0.2) is 28.6 Å². The molecule has 0 atom stereocenters. The molecule has 2 amide bonds. The number of para-hydroxylation sites is 1. The monoisotopic (exact) mass is 394 g/mol. The molecule has 3 aromatic rings. The summed E-state index contributed by atoms with van der Waals surface area (Å²) in [5.41, 5.74) is 6.18. The van der Waals surface area contributed by atoms with Crippen LogP contribution in [0.4, 0.5) is 5.69 Å². The van der Waals surface area contributed by atoms with E-state index in [0.717, 1.165) is 40.7 Å². The van der Waals surface area contributed by atoms with Crippen LogP contribution in [0, 0.1) is 0 Å². The van der Waals surface area contributed by atoms with E-state index in [1.54, 1.807) is 6.20 Å². The lowest BCUT2D eigenvalue weighted by Crippen LogP contribution is -2.25. The fourth-order valence-corrected chi connectivity index (χ4v) is 4.74. The Balaban J connectivity index is 1.65. The third-order valence-electron chi connectivity index (χ3n) is 6.10. The number of aromatic nitrogens is 1. The normalized spacial score (nSPS) is 17.5. The molecule has 0 fully saturated rings. The van der Waals surface area contributed by atoms with Gasteiger partial charge >= 0.3 is 0 Å². The Morgan fingerprint density at radius 2 is 1.77 bits per heavy atom. The predicted octanol–water partition coefficient (Wildman–Crippen LogP) is 2.92. The molecular formula is C24H18N4O2.